The summed E-state index contributed by atoms with van der Waals surface area (Å²) in [6, 6.07) is 7.17. The molecule has 0 bridgehead atoms. The van der Waals surface area contributed by atoms with Crippen molar-refractivity contribution in [2.24, 2.45) is 0 Å². The highest BCUT2D eigenvalue weighted by molar-refractivity contribution is 5.83. The van der Waals surface area contributed by atoms with Crippen molar-refractivity contribution in [3.05, 3.63) is 69.4 Å². The number of carbonyl (C=O) groups is 1. The fraction of sp³-hybridized carbons (Fsp3) is 0.333. The third kappa shape index (κ3) is 3.23. The van der Waals surface area contributed by atoms with Crippen molar-refractivity contribution in [3.63, 3.8) is 0 Å². The second-order valence-corrected chi connectivity index (χ2v) is 6.28. The van der Waals surface area contributed by atoms with Gasteiger partial charge >= 0.3 is 0 Å². The summed E-state index contributed by atoms with van der Waals surface area (Å²) in [5.74, 6) is -0.344. The Morgan fingerprint density at radius 1 is 1.25 bits per heavy atom. The van der Waals surface area contributed by atoms with Gasteiger partial charge in [0.25, 0.3) is 0 Å². The fourth-order valence-electron chi connectivity index (χ4n) is 3.13. The van der Waals surface area contributed by atoms with Crippen LogP contribution >= 0.6 is 0 Å². The number of nitrogens with one attached hydrogen (secondary N) is 1. The van der Waals surface area contributed by atoms with E-state index in [-0.39, 0.29) is 17.3 Å². The number of pyridine rings is 1. The lowest BCUT2D eigenvalue weighted by Gasteiger charge is -2.34. The number of rotatable bonds is 3. The van der Waals surface area contributed by atoms with Crippen LogP contribution in [0.3, 0.4) is 0 Å². The molecule has 3 rings (SSSR count). The predicted molar refractivity (Wildman–Crippen MR) is 89.0 cm³/mol. The second kappa shape index (κ2) is 6.57. The molecule has 5 nitrogen and oxygen atoms in total. The Morgan fingerprint density at radius 2 is 1.96 bits per heavy atom. The zero-order valence-electron chi connectivity index (χ0n) is 13.8. The van der Waals surface area contributed by atoms with Gasteiger partial charge in [0, 0.05) is 25.4 Å². The molecule has 0 spiro atoms. The van der Waals surface area contributed by atoms with Crippen LogP contribution in [0.2, 0.25) is 0 Å². The molecular formula is C18H20FN3O2. The van der Waals surface area contributed by atoms with Crippen molar-refractivity contribution in [3.8, 4) is 0 Å². The summed E-state index contributed by atoms with van der Waals surface area (Å²) in [6.07, 6.45) is 2.34. The van der Waals surface area contributed by atoms with Gasteiger partial charge in [-0.05, 0) is 49.3 Å². The predicted octanol–water partition coefficient (Wildman–Crippen LogP) is 1.70. The highest BCUT2D eigenvalue weighted by Gasteiger charge is 2.30. The summed E-state index contributed by atoms with van der Waals surface area (Å²) >= 11 is 0. The summed E-state index contributed by atoms with van der Waals surface area (Å²) in [7, 11) is 3.67. The van der Waals surface area contributed by atoms with Crippen molar-refractivity contribution in [2.45, 2.75) is 19.0 Å². The summed E-state index contributed by atoms with van der Waals surface area (Å²) in [6.45, 7) is 1.04. The number of aromatic amines is 1. The van der Waals surface area contributed by atoms with Crippen LogP contribution in [-0.2, 0) is 17.8 Å². The maximum absolute atomic E-state index is 13.2. The van der Waals surface area contributed by atoms with E-state index in [1.54, 1.807) is 29.3 Å². The lowest BCUT2D eigenvalue weighted by Crippen LogP contribution is -2.43. The largest absolute Gasteiger partial charge is 0.336 e. The Labute approximate surface area is 139 Å². The van der Waals surface area contributed by atoms with Crippen LogP contribution in [0, 0.1) is 5.82 Å². The van der Waals surface area contributed by atoms with Crippen LogP contribution in [0.5, 0.6) is 0 Å². The summed E-state index contributed by atoms with van der Waals surface area (Å²) in [5, 5.41) is 0. The third-order valence-electron chi connectivity index (χ3n) is 4.37. The molecule has 1 aromatic carbocycles. The van der Waals surface area contributed by atoms with E-state index in [1.807, 2.05) is 19.0 Å². The van der Waals surface area contributed by atoms with Crippen LogP contribution < -0.4 is 5.56 Å². The number of aromatic nitrogens is 1. The molecule has 2 aromatic rings. The number of hydrogen-bond donors (Lipinski definition) is 1. The van der Waals surface area contributed by atoms with Gasteiger partial charge in [-0.1, -0.05) is 12.1 Å². The number of hydrogen-bond acceptors (Lipinski definition) is 3. The zero-order chi connectivity index (χ0) is 17.3. The quantitative estimate of drug-likeness (QED) is 0.932. The van der Waals surface area contributed by atoms with Crippen molar-refractivity contribution in [1.29, 1.82) is 0 Å². The van der Waals surface area contributed by atoms with Gasteiger partial charge in [-0.3, -0.25) is 14.5 Å². The Hall–Kier alpha value is -2.47. The number of nitrogens with zero attached hydrogens (tertiary/aromatic N) is 2. The molecule has 1 N–H and O–H groups in total. The van der Waals surface area contributed by atoms with E-state index in [9.17, 15) is 14.0 Å². The monoisotopic (exact) mass is 329 g/mol. The van der Waals surface area contributed by atoms with Crippen LogP contribution in [0.15, 0.2) is 41.3 Å². The summed E-state index contributed by atoms with van der Waals surface area (Å²) in [4.78, 5) is 30.7. The van der Waals surface area contributed by atoms with Gasteiger partial charge in [0.1, 0.15) is 11.9 Å². The van der Waals surface area contributed by atoms with Gasteiger partial charge in [-0.2, -0.15) is 0 Å². The Morgan fingerprint density at radius 3 is 2.62 bits per heavy atom. The Balaban J connectivity index is 1.85. The first-order valence-electron chi connectivity index (χ1n) is 7.87. The van der Waals surface area contributed by atoms with E-state index < -0.39 is 6.04 Å². The van der Waals surface area contributed by atoms with E-state index >= 15 is 0 Å². The van der Waals surface area contributed by atoms with Crippen LogP contribution in [-0.4, -0.2) is 41.3 Å². The van der Waals surface area contributed by atoms with Gasteiger partial charge in [-0.25, -0.2) is 4.39 Å². The molecular weight excluding hydrogens is 309 g/mol. The number of carbonyl (C=O) groups excluding carboxylic acids is 1. The number of halogens is 1. The number of fused-ring (bicyclic) bond motifs is 1. The van der Waals surface area contributed by atoms with E-state index in [0.29, 0.717) is 19.5 Å². The lowest BCUT2D eigenvalue weighted by atomic mass is 9.99. The molecule has 0 fully saturated rings. The summed E-state index contributed by atoms with van der Waals surface area (Å²) in [5.41, 5.74) is 2.60. The Kier molecular flexibility index (Phi) is 4.49. The van der Waals surface area contributed by atoms with Crippen LogP contribution in [0.4, 0.5) is 4.39 Å². The number of H-pyrrole nitrogens is 1. The Bertz CT molecular complexity index is 799. The second-order valence-electron chi connectivity index (χ2n) is 6.28. The molecule has 0 aliphatic carbocycles. The van der Waals surface area contributed by atoms with Crippen molar-refractivity contribution in [2.75, 3.05) is 20.6 Å². The molecule has 126 valence electrons. The molecule has 1 unspecified atom stereocenters. The number of amides is 1. The highest BCUT2D eigenvalue weighted by Crippen LogP contribution is 2.25. The first kappa shape index (κ1) is 16.4. The smallest absolute Gasteiger partial charge is 0.248 e. The number of benzene rings is 1. The van der Waals surface area contributed by atoms with Crippen molar-refractivity contribution >= 4 is 5.91 Å². The van der Waals surface area contributed by atoms with Crippen molar-refractivity contribution in [1.82, 2.24) is 14.8 Å². The van der Waals surface area contributed by atoms with Gasteiger partial charge in [-0.15, -0.1) is 0 Å². The summed E-state index contributed by atoms with van der Waals surface area (Å²) < 4.78 is 13.2. The normalized spacial score (nSPS) is 15.2. The molecule has 1 amide bonds. The van der Waals surface area contributed by atoms with Gasteiger partial charge in [0.15, 0.2) is 0 Å². The molecule has 0 radical (unpaired) electrons. The SMILES string of the molecule is CN(C)C(C(=O)N1CCc2cc(=O)[nH]cc2C1)c1ccc(F)cc1. The van der Waals surface area contributed by atoms with Crippen LogP contribution in [0.25, 0.3) is 0 Å². The highest BCUT2D eigenvalue weighted by atomic mass is 19.1. The van der Waals surface area contributed by atoms with E-state index in [2.05, 4.69) is 4.98 Å². The van der Waals surface area contributed by atoms with E-state index in [0.717, 1.165) is 16.7 Å². The first-order valence-corrected chi connectivity index (χ1v) is 7.87. The molecule has 24 heavy (non-hydrogen) atoms. The van der Waals surface area contributed by atoms with E-state index in [4.69, 9.17) is 0 Å². The van der Waals surface area contributed by atoms with Gasteiger partial charge in [0.05, 0.1) is 0 Å². The standard InChI is InChI=1S/C18H20FN3O2/c1-21(2)17(12-3-5-15(19)6-4-12)18(24)22-8-7-13-9-16(23)20-10-14(13)11-22/h3-6,9-10,17H,7-8,11H2,1-2H3,(H,20,23). The van der Waals surface area contributed by atoms with Gasteiger partial charge < -0.3 is 9.88 Å². The minimum absolute atomic E-state index is 0.0246. The minimum Gasteiger partial charge on any atom is -0.336 e. The lowest BCUT2D eigenvalue weighted by molar-refractivity contribution is -0.137. The maximum Gasteiger partial charge on any atom is 0.248 e. The topological polar surface area (TPSA) is 56.4 Å². The molecule has 1 aliphatic heterocycles. The maximum atomic E-state index is 13.2. The van der Waals surface area contributed by atoms with Crippen molar-refractivity contribution < 1.29 is 9.18 Å². The minimum atomic E-state index is -0.463. The molecule has 1 aromatic heterocycles. The zero-order valence-corrected chi connectivity index (χ0v) is 13.8. The number of likely N-dealkylation sites (N-methyl/N-ethyl adjacent to an activating group) is 1. The van der Waals surface area contributed by atoms with Crippen LogP contribution in [0.1, 0.15) is 22.7 Å². The fourth-order valence-corrected chi connectivity index (χ4v) is 3.13. The molecule has 0 saturated carbocycles. The first-order chi connectivity index (χ1) is 11.5. The van der Waals surface area contributed by atoms with E-state index in [1.165, 1.54) is 12.1 Å². The molecule has 6 heteroatoms. The molecule has 1 atom stereocenters. The molecule has 1 aliphatic rings. The molecule has 0 saturated heterocycles. The van der Waals surface area contributed by atoms with Gasteiger partial charge in [0.2, 0.25) is 11.5 Å². The average molecular weight is 329 g/mol. The molecule has 2 heterocycles. The average Bonchev–Trinajstić information content (AvgIpc) is 2.56. The third-order valence-corrected chi connectivity index (χ3v) is 4.37.